The number of ether oxygens (including phenoxy) is 1. The number of aromatic nitrogens is 2. The van der Waals surface area contributed by atoms with E-state index in [0.717, 1.165) is 34.0 Å². The van der Waals surface area contributed by atoms with Gasteiger partial charge in [0.25, 0.3) is 0 Å². The molecule has 2 aromatic heterocycles. The van der Waals surface area contributed by atoms with Crippen molar-refractivity contribution in [3.05, 3.63) is 23.1 Å². The van der Waals surface area contributed by atoms with Gasteiger partial charge in [-0.3, -0.25) is 14.0 Å². The molecule has 4 saturated carbocycles. The molecule has 8 rings (SSSR count). The number of carbonyl (C=O) groups is 3. The number of aliphatic carboxylic acids is 1. The molecule has 6 aliphatic rings. The van der Waals surface area contributed by atoms with E-state index in [-0.39, 0.29) is 29.6 Å². The fraction of sp³-hybridized carbons (Fsp3) is 0.655. The first-order chi connectivity index (χ1) is 19.1. The van der Waals surface area contributed by atoms with E-state index < -0.39 is 29.4 Å². The van der Waals surface area contributed by atoms with Gasteiger partial charge >= 0.3 is 11.9 Å². The molecule has 9 nitrogen and oxygen atoms in total. The highest BCUT2D eigenvalue weighted by molar-refractivity contribution is 7.98. The number of hydrogen-bond donors (Lipinski definition) is 2. The van der Waals surface area contributed by atoms with Crippen molar-refractivity contribution in [2.75, 3.05) is 12.9 Å². The standard InChI is InChI=1S/C29H35N3O6S2/c1-14(33)19-22-28(2,4-5-38-27(37)29-9-15-6-16(10-29)8-17(7-15)11-29)20(21(26(35)36)32(22)24(19)34)18-12-31-13-30-23(39-3)25(31)40-18/h12-17,19,22,33H,4-11H2,1-3H3,(H,35,36)/t14-,15?,16?,17?,19-,22-,28+,29?/m1/s1. The predicted molar refractivity (Wildman–Crippen MR) is 149 cm³/mol. The van der Waals surface area contributed by atoms with Crippen molar-refractivity contribution < 1.29 is 29.3 Å². The van der Waals surface area contributed by atoms with E-state index in [0.29, 0.717) is 29.7 Å². The Bertz CT molecular complexity index is 1420. The van der Waals surface area contributed by atoms with Crippen LogP contribution < -0.4 is 0 Å². The fourth-order valence-electron chi connectivity index (χ4n) is 9.23. The van der Waals surface area contributed by atoms with E-state index in [2.05, 4.69) is 4.98 Å². The quantitative estimate of drug-likeness (QED) is 0.267. The summed E-state index contributed by atoms with van der Waals surface area (Å²) in [5, 5.41) is 21.8. The van der Waals surface area contributed by atoms with Gasteiger partial charge in [-0.15, -0.1) is 23.1 Å². The van der Waals surface area contributed by atoms with Crippen LogP contribution in [0.4, 0.5) is 0 Å². The van der Waals surface area contributed by atoms with E-state index in [1.54, 1.807) is 13.3 Å². The number of nitrogens with zero attached hydrogens (tertiary/aromatic N) is 3. The molecule has 2 N–H and O–H groups in total. The number of carbonyl (C=O) groups excluding carboxylic acids is 2. The summed E-state index contributed by atoms with van der Waals surface area (Å²) in [6.07, 6.45) is 11.5. The van der Waals surface area contributed by atoms with Crippen molar-refractivity contribution in [3.8, 4) is 0 Å². The summed E-state index contributed by atoms with van der Waals surface area (Å²) in [5.74, 6) is -0.483. The summed E-state index contributed by atoms with van der Waals surface area (Å²) in [5.41, 5.74) is -0.676. The Labute approximate surface area is 241 Å². The van der Waals surface area contributed by atoms with Crippen LogP contribution in [0.2, 0.25) is 0 Å². The second kappa shape index (κ2) is 9.06. The molecule has 0 aromatic carbocycles. The van der Waals surface area contributed by atoms with E-state index in [9.17, 15) is 24.6 Å². The average Bonchev–Trinajstić information content (AvgIpc) is 3.51. The number of thioether (sulfide) groups is 1. The molecular formula is C29H35N3O6S2. The Kier molecular flexibility index (Phi) is 6.01. The molecule has 0 spiro atoms. The van der Waals surface area contributed by atoms with Crippen molar-refractivity contribution in [2.24, 2.45) is 34.5 Å². The second-order valence-corrected chi connectivity index (χ2v) is 14.8. The highest BCUT2D eigenvalue weighted by Crippen LogP contribution is 2.62. The zero-order valence-corrected chi connectivity index (χ0v) is 24.6. The third-order valence-corrected chi connectivity index (χ3v) is 12.5. The molecule has 40 heavy (non-hydrogen) atoms. The molecule has 1 amide bonds. The van der Waals surface area contributed by atoms with Crippen LogP contribution >= 0.6 is 23.1 Å². The Hall–Kier alpha value is -2.37. The third-order valence-electron chi connectivity index (χ3n) is 10.5. The normalized spacial score (nSPS) is 36.8. The number of aliphatic hydroxyl groups is 1. The molecule has 1 saturated heterocycles. The number of esters is 1. The van der Waals surface area contributed by atoms with Gasteiger partial charge in [0.05, 0.1) is 35.0 Å². The van der Waals surface area contributed by atoms with Gasteiger partial charge in [-0.25, -0.2) is 9.78 Å². The summed E-state index contributed by atoms with van der Waals surface area (Å²) in [6, 6.07) is -0.529. The van der Waals surface area contributed by atoms with Crippen molar-refractivity contribution >= 4 is 51.3 Å². The summed E-state index contributed by atoms with van der Waals surface area (Å²) in [6.45, 7) is 3.68. The summed E-state index contributed by atoms with van der Waals surface area (Å²) >= 11 is 2.96. The maximum absolute atomic E-state index is 13.6. The highest BCUT2D eigenvalue weighted by atomic mass is 32.2. The maximum atomic E-state index is 13.6. The minimum atomic E-state index is -1.17. The minimum absolute atomic E-state index is 0.0371. The molecule has 0 radical (unpaired) electrons. The molecule has 214 valence electrons. The van der Waals surface area contributed by atoms with E-state index in [1.165, 1.54) is 47.3 Å². The smallest absolute Gasteiger partial charge is 0.352 e. The first-order valence-electron chi connectivity index (χ1n) is 14.2. The van der Waals surface area contributed by atoms with Gasteiger partial charge in [0.1, 0.15) is 21.9 Å². The van der Waals surface area contributed by atoms with Crippen LogP contribution in [0, 0.1) is 34.5 Å². The van der Waals surface area contributed by atoms with Crippen molar-refractivity contribution in [1.82, 2.24) is 14.3 Å². The molecule has 5 fully saturated rings. The molecule has 2 aromatic rings. The average molecular weight is 586 g/mol. The molecule has 4 heterocycles. The van der Waals surface area contributed by atoms with Crippen LogP contribution in [-0.2, 0) is 19.1 Å². The number of fused-ring (bicyclic) bond motifs is 2. The van der Waals surface area contributed by atoms with Gasteiger partial charge in [0, 0.05) is 17.2 Å². The monoisotopic (exact) mass is 585 g/mol. The van der Waals surface area contributed by atoms with E-state index in [1.807, 2.05) is 23.8 Å². The summed E-state index contributed by atoms with van der Waals surface area (Å²) in [7, 11) is 0. The number of carboxylic acid groups (broad SMARTS) is 1. The number of carboxylic acids is 1. The number of hydrogen-bond acceptors (Lipinski definition) is 8. The number of thiazole rings is 1. The minimum Gasteiger partial charge on any atom is -0.477 e. The van der Waals surface area contributed by atoms with Gasteiger partial charge < -0.3 is 19.8 Å². The zero-order valence-electron chi connectivity index (χ0n) is 23.0. The first kappa shape index (κ1) is 26.5. The number of amides is 1. The number of aliphatic hydroxyl groups excluding tert-OH is 1. The summed E-state index contributed by atoms with van der Waals surface area (Å²) in [4.78, 5) is 46.9. The Morgan fingerprint density at radius 3 is 2.45 bits per heavy atom. The molecule has 0 unspecified atom stereocenters. The molecular weight excluding hydrogens is 550 g/mol. The lowest BCUT2D eigenvalue weighted by molar-refractivity contribution is -0.174. The van der Waals surface area contributed by atoms with Crippen LogP contribution in [0.15, 0.2) is 23.2 Å². The topological polar surface area (TPSA) is 121 Å². The fourth-order valence-corrected chi connectivity index (χ4v) is 11.2. The first-order valence-corrected chi connectivity index (χ1v) is 16.3. The lowest BCUT2D eigenvalue weighted by atomic mass is 9.49. The third kappa shape index (κ3) is 3.62. The Morgan fingerprint density at radius 1 is 1.23 bits per heavy atom. The molecule has 2 aliphatic heterocycles. The van der Waals surface area contributed by atoms with Crippen molar-refractivity contribution in [1.29, 1.82) is 0 Å². The van der Waals surface area contributed by atoms with Gasteiger partial charge in [-0.05, 0) is 75.9 Å². The lowest BCUT2D eigenvalue weighted by Gasteiger charge is -2.55. The second-order valence-electron chi connectivity index (χ2n) is 13.0. The molecule has 4 atom stereocenters. The van der Waals surface area contributed by atoms with Crippen LogP contribution in [0.3, 0.4) is 0 Å². The van der Waals surface area contributed by atoms with Crippen LogP contribution in [0.5, 0.6) is 0 Å². The number of imidazole rings is 1. The van der Waals surface area contributed by atoms with Gasteiger partial charge in [0.2, 0.25) is 5.91 Å². The Balaban J connectivity index is 1.22. The van der Waals surface area contributed by atoms with Crippen molar-refractivity contribution in [2.45, 2.75) is 76.0 Å². The number of rotatable bonds is 8. The van der Waals surface area contributed by atoms with E-state index in [4.69, 9.17) is 4.74 Å². The molecule has 4 aliphatic carbocycles. The largest absolute Gasteiger partial charge is 0.477 e. The SMILES string of the molecule is CSc1ncn2cc(C3=C(C(=O)O)N4C(=O)[C@H]([C@@H](C)O)[C@@H]4[C@@]3(C)CCOC(=O)C34CC5CC(CC(C5)C3)C4)sc12. The lowest BCUT2D eigenvalue weighted by Crippen LogP contribution is -2.66. The number of β-lactam (4-membered cyclic amide) rings is 1. The van der Waals surface area contributed by atoms with Crippen LogP contribution in [0.25, 0.3) is 10.4 Å². The van der Waals surface area contributed by atoms with Gasteiger partial charge in [-0.1, -0.05) is 6.92 Å². The highest BCUT2D eigenvalue weighted by Gasteiger charge is 2.66. The van der Waals surface area contributed by atoms with Gasteiger partial charge in [-0.2, -0.15) is 0 Å². The molecule has 4 bridgehead atoms. The van der Waals surface area contributed by atoms with Crippen molar-refractivity contribution in [3.63, 3.8) is 0 Å². The maximum Gasteiger partial charge on any atom is 0.352 e. The van der Waals surface area contributed by atoms with Gasteiger partial charge in [0.15, 0.2) is 0 Å². The van der Waals surface area contributed by atoms with E-state index >= 15 is 0 Å². The zero-order chi connectivity index (χ0) is 28.1. The van der Waals surface area contributed by atoms with Crippen LogP contribution in [0.1, 0.15) is 63.7 Å². The summed E-state index contributed by atoms with van der Waals surface area (Å²) < 4.78 is 7.94. The Morgan fingerprint density at radius 2 is 1.88 bits per heavy atom. The molecule has 11 heteroatoms. The van der Waals surface area contributed by atoms with Crippen LogP contribution in [-0.4, -0.2) is 67.4 Å². The predicted octanol–water partition coefficient (Wildman–Crippen LogP) is 4.29.